The Morgan fingerprint density at radius 1 is 1.14 bits per heavy atom. The Morgan fingerprint density at radius 2 is 1.86 bits per heavy atom. The van der Waals surface area contributed by atoms with Gasteiger partial charge in [0.25, 0.3) is 5.91 Å². The summed E-state index contributed by atoms with van der Waals surface area (Å²) in [6, 6.07) is 13.7. The van der Waals surface area contributed by atoms with Gasteiger partial charge in [-0.25, -0.2) is 0 Å². The fourth-order valence-electron chi connectivity index (χ4n) is 2.91. The number of nitrogens with one attached hydrogen (secondary N) is 1. The van der Waals surface area contributed by atoms with E-state index in [2.05, 4.69) is 19.2 Å². The van der Waals surface area contributed by atoms with E-state index in [1.165, 1.54) is 0 Å². The number of hydrogen-bond acceptors (Lipinski definition) is 2. The molecule has 0 aliphatic heterocycles. The second-order valence-electron chi connectivity index (χ2n) is 6.24. The largest absolute Gasteiger partial charge is 0.396 e. The number of rotatable bonds is 7. The van der Waals surface area contributed by atoms with Gasteiger partial charge in [0.05, 0.1) is 0 Å². The zero-order chi connectivity index (χ0) is 15.9. The molecular weight excluding hydrogens is 274 g/mol. The molecular formula is C19H25NO2. The first kappa shape index (κ1) is 16.5. The third-order valence-electron chi connectivity index (χ3n) is 3.93. The van der Waals surface area contributed by atoms with Gasteiger partial charge in [0.1, 0.15) is 0 Å². The molecule has 1 unspecified atom stereocenters. The molecule has 0 aliphatic carbocycles. The highest BCUT2D eigenvalue weighted by atomic mass is 16.3. The van der Waals surface area contributed by atoms with Crippen molar-refractivity contribution in [2.24, 2.45) is 11.8 Å². The minimum absolute atomic E-state index is 0.0384. The van der Waals surface area contributed by atoms with Gasteiger partial charge in [-0.3, -0.25) is 4.79 Å². The van der Waals surface area contributed by atoms with Crippen molar-refractivity contribution in [1.82, 2.24) is 5.32 Å². The highest BCUT2D eigenvalue weighted by Gasteiger charge is 2.14. The summed E-state index contributed by atoms with van der Waals surface area (Å²) in [5.41, 5.74) is 0.713. The fourth-order valence-corrected chi connectivity index (χ4v) is 2.91. The van der Waals surface area contributed by atoms with Crippen LogP contribution in [0.1, 0.15) is 37.0 Å². The van der Waals surface area contributed by atoms with Crippen LogP contribution in [0.15, 0.2) is 42.5 Å². The Bertz CT molecular complexity index is 616. The molecule has 0 fully saturated rings. The molecule has 0 aliphatic rings. The van der Waals surface area contributed by atoms with E-state index in [-0.39, 0.29) is 12.5 Å². The normalized spacial score (nSPS) is 12.5. The molecule has 22 heavy (non-hydrogen) atoms. The topological polar surface area (TPSA) is 49.3 Å². The summed E-state index contributed by atoms with van der Waals surface area (Å²) in [4.78, 5) is 12.5. The Labute approximate surface area is 132 Å². The number of carbonyl (C=O) groups excluding carboxylic acids is 1. The summed E-state index contributed by atoms with van der Waals surface area (Å²) >= 11 is 0. The van der Waals surface area contributed by atoms with Crippen LogP contribution in [0.25, 0.3) is 10.8 Å². The van der Waals surface area contributed by atoms with Crippen LogP contribution in [0, 0.1) is 11.8 Å². The molecule has 0 saturated heterocycles. The zero-order valence-corrected chi connectivity index (χ0v) is 13.4. The summed E-state index contributed by atoms with van der Waals surface area (Å²) in [5.74, 6) is 0.846. The van der Waals surface area contributed by atoms with Crippen molar-refractivity contribution >= 4 is 16.7 Å². The minimum Gasteiger partial charge on any atom is -0.396 e. The summed E-state index contributed by atoms with van der Waals surface area (Å²) in [6.45, 7) is 5.11. The molecule has 0 aromatic heterocycles. The third-order valence-corrected chi connectivity index (χ3v) is 3.93. The van der Waals surface area contributed by atoms with E-state index in [4.69, 9.17) is 5.11 Å². The molecule has 0 saturated carbocycles. The molecule has 0 bridgehead atoms. The summed E-state index contributed by atoms with van der Waals surface area (Å²) in [7, 11) is 0. The van der Waals surface area contributed by atoms with Gasteiger partial charge >= 0.3 is 0 Å². The number of fused-ring (bicyclic) bond motifs is 1. The number of amides is 1. The lowest BCUT2D eigenvalue weighted by Gasteiger charge is -2.19. The van der Waals surface area contributed by atoms with E-state index >= 15 is 0 Å². The van der Waals surface area contributed by atoms with Crippen LogP contribution < -0.4 is 5.32 Å². The average Bonchev–Trinajstić information content (AvgIpc) is 2.51. The van der Waals surface area contributed by atoms with E-state index < -0.39 is 0 Å². The SMILES string of the molecule is CC(C)CC(CCO)CNC(=O)c1cccc2ccccc12. The minimum atomic E-state index is -0.0384. The molecule has 2 aromatic carbocycles. The average molecular weight is 299 g/mol. The zero-order valence-electron chi connectivity index (χ0n) is 13.4. The maximum atomic E-state index is 12.5. The molecule has 0 spiro atoms. The van der Waals surface area contributed by atoms with Gasteiger partial charge in [0.15, 0.2) is 0 Å². The highest BCUT2D eigenvalue weighted by molar-refractivity contribution is 6.06. The summed E-state index contributed by atoms with van der Waals surface area (Å²) in [5, 5.41) is 14.2. The number of benzene rings is 2. The number of carbonyl (C=O) groups is 1. The molecule has 0 heterocycles. The summed E-state index contributed by atoms with van der Waals surface area (Å²) in [6.07, 6.45) is 1.74. The molecule has 0 radical (unpaired) electrons. The van der Waals surface area contributed by atoms with E-state index in [9.17, 15) is 4.79 Å². The van der Waals surface area contributed by atoms with Crippen molar-refractivity contribution < 1.29 is 9.90 Å². The van der Waals surface area contributed by atoms with Crippen LogP contribution >= 0.6 is 0 Å². The van der Waals surface area contributed by atoms with Crippen molar-refractivity contribution in [2.45, 2.75) is 26.7 Å². The van der Waals surface area contributed by atoms with Gasteiger partial charge in [0, 0.05) is 18.7 Å². The van der Waals surface area contributed by atoms with E-state index in [1.807, 2.05) is 42.5 Å². The Hall–Kier alpha value is -1.87. The van der Waals surface area contributed by atoms with Gasteiger partial charge in [0.2, 0.25) is 0 Å². The van der Waals surface area contributed by atoms with Crippen molar-refractivity contribution in [2.75, 3.05) is 13.2 Å². The van der Waals surface area contributed by atoms with E-state index in [0.29, 0.717) is 23.9 Å². The predicted molar refractivity (Wildman–Crippen MR) is 90.9 cm³/mol. The standard InChI is InChI=1S/C19H25NO2/c1-14(2)12-15(10-11-21)13-20-19(22)18-9-5-7-16-6-3-4-8-17(16)18/h3-9,14-15,21H,10-13H2,1-2H3,(H,20,22). The predicted octanol–water partition coefficient (Wildman–Crippen LogP) is 3.61. The molecule has 3 heteroatoms. The van der Waals surface area contributed by atoms with Gasteiger partial charge in [-0.1, -0.05) is 50.2 Å². The molecule has 1 atom stereocenters. The van der Waals surface area contributed by atoms with Gasteiger partial charge < -0.3 is 10.4 Å². The third kappa shape index (κ3) is 4.31. The second kappa shape index (κ2) is 7.95. The Balaban J connectivity index is 2.07. The monoisotopic (exact) mass is 299 g/mol. The van der Waals surface area contributed by atoms with Crippen molar-refractivity contribution in [1.29, 1.82) is 0 Å². The maximum absolute atomic E-state index is 12.5. The van der Waals surface area contributed by atoms with Crippen LogP contribution in [-0.4, -0.2) is 24.2 Å². The first-order valence-corrected chi connectivity index (χ1v) is 7.98. The molecule has 2 rings (SSSR count). The van der Waals surface area contributed by atoms with E-state index in [1.54, 1.807) is 0 Å². The molecule has 118 valence electrons. The fraction of sp³-hybridized carbons (Fsp3) is 0.421. The maximum Gasteiger partial charge on any atom is 0.251 e. The lowest BCUT2D eigenvalue weighted by molar-refractivity contribution is 0.0943. The van der Waals surface area contributed by atoms with Crippen LogP contribution in [0.5, 0.6) is 0 Å². The number of aliphatic hydroxyl groups excluding tert-OH is 1. The van der Waals surface area contributed by atoms with E-state index in [0.717, 1.165) is 23.6 Å². The smallest absolute Gasteiger partial charge is 0.251 e. The van der Waals surface area contributed by atoms with Crippen molar-refractivity contribution in [3.63, 3.8) is 0 Å². The second-order valence-corrected chi connectivity index (χ2v) is 6.24. The van der Waals surface area contributed by atoms with Crippen LogP contribution in [-0.2, 0) is 0 Å². The lowest BCUT2D eigenvalue weighted by atomic mass is 9.94. The molecule has 3 nitrogen and oxygen atoms in total. The molecule has 2 aromatic rings. The lowest BCUT2D eigenvalue weighted by Crippen LogP contribution is -2.30. The number of hydrogen-bond donors (Lipinski definition) is 2. The van der Waals surface area contributed by atoms with Gasteiger partial charge in [-0.05, 0) is 41.5 Å². The van der Waals surface area contributed by atoms with Crippen LogP contribution in [0.4, 0.5) is 0 Å². The number of aliphatic hydroxyl groups is 1. The quantitative estimate of drug-likeness (QED) is 0.820. The molecule has 2 N–H and O–H groups in total. The van der Waals surface area contributed by atoms with Crippen LogP contribution in [0.2, 0.25) is 0 Å². The Kier molecular flexibility index (Phi) is 5.96. The first-order valence-electron chi connectivity index (χ1n) is 7.98. The van der Waals surface area contributed by atoms with Crippen LogP contribution in [0.3, 0.4) is 0 Å². The van der Waals surface area contributed by atoms with Gasteiger partial charge in [-0.15, -0.1) is 0 Å². The molecule has 1 amide bonds. The highest BCUT2D eigenvalue weighted by Crippen LogP contribution is 2.19. The van der Waals surface area contributed by atoms with Crippen molar-refractivity contribution in [3.8, 4) is 0 Å². The Morgan fingerprint density at radius 3 is 2.59 bits per heavy atom. The summed E-state index contributed by atoms with van der Waals surface area (Å²) < 4.78 is 0. The van der Waals surface area contributed by atoms with Gasteiger partial charge in [-0.2, -0.15) is 0 Å². The van der Waals surface area contributed by atoms with Crippen molar-refractivity contribution in [3.05, 3.63) is 48.0 Å². The first-order chi connectivity index (χ1) is 10.6.